The van der Waals surface area contributed by atoms with Crippen LogP contribution in [0.1, 0.15) is 6.92 Å². The Labute approximate surface area is 164 Å². The molecule has 0 spiro atoms. The van der Waals surface area contributed by atoms with Crippen LogP contribution in [0.15, 0.2) is 71.0 Å². The van der Waals surface area contributed by atoms with Gasteiger partial charge in [0.25, 0.3) is 0 Å². The predicted molar refractivity (Wildman–Crippen MR) is 109 cm³/mol. The number of carbonyl (C=O) groups is 1. The molecule has 2 heterocycles. The molecule has 0 saturated heterocycles. The first kappa shape index (κ1) is 17.7. The Morgan fingerprint density at radius 1 is 1.11 bits per heavy atom. The highest BCUT2D eigenvalue weighted by molar-refractivity contribution is 7.11. The van der Waals surface area contributed by atoms with Crippen LogP contribution >= 0.6 is 11.5 Å². The van der Waals surface area contributed by atoms with Crippen molar-refractivity contribution in [3.05, 3.63) is 60.8 Å². The number of azo groups is 1. The van der Waals surface area contributed by atoms with Gasteiger partial charge in [-0.1, -0.05) is 30.3 Å². The molecule has 0 aliphatic rings. The van der Waals surface area contributed by atoms with Crippen LogP contribution in [-0.4, -0.2) is 20.4 Å². The Morgan fingerprint density at radius 3 is 2.71 bits per heavy atom. The monoisotopic (exact) mass is 389 g/mol. The predicted octanol–water partition coefficient (Wildman–Crippen LogP) is 5.44. The summed E-state index contributed by atoms with van der Waals surface area (Å²) in [6.45, 7) is 1.38. The Bertz CT molecular complexity index is 1190. The lowest BCUT2D eigenvalue weighted by molar-refractivity contribution is -0.114. The smallest absolute Gasteiger partial charge is 0.221 e. The number of phenols is 1. The second-order valence-electron chi connectivity index (χ2n) is 6.00. The van der Waals surface area contributed by atoms with E-state index in [-0.39, 0.29) is 17.3 Å². The summed E-state index contributed by atoms with van der Waals surface area (Å²) >= 11 is 1.21. The fraction of sp³-hybridized carbons (Fsp3) is 0.0500. The van der Waals surface area contributed by atoms with E-state index in [0.29, 0.717) is 21.9 Å². The van der Waals surface area contributed by atoms with E-state index in [1.165, 1.54) is 18.5 Å². The standard InChI is InChI=1S/C20H15N5O2S/c1-12(26)22-17-11-14(10-16(18(17)27)13-6-3-2-4-7-13)23-24-20-15-8-5-9-21-19(15)25-28-20/h2-11,27H,1H3,(H,22,26). The van der Waals surface area contributed by atoms with E-state index >= 15 is 0 Å². The number of carbonyl (C=O) groups excluding carboxylic acids is 1. The number of fused-ring (bicyclic) bond motifs is 1. The molecule has 8 heteroatoms. The number of hydrogen-bond acceptors (Lipinski definition) is 7. The van der Waals surface area contributed by atoms with Crippen molar-refractivity contribution < 1.29 is 9.90 Å². The Balaban J connectivity index is 1.78. The number of benzene rings is 2. The molecule has 2 N–H and O–H groups in total. The Hall–Kier alpha value is -3.65. The molecule has 1 amide bonds. The van der Waals surface area contributed by atoms with Crippen molar-refractivity contribution >= 4 is 44.8 Å². The number of amides is 1. The minimum atomic E-state index is -0.289. The number of rotatable bonds is 4. The molecular weight excluding hydrogens is 374 g/mol. The fourth-order valence-corrected chi connectivity index (χ4v) is 3.40. The number of pyridine rings is 1. The number of anilines is 1. The van der Waals surface area contributed by atoms with Gasteiger partial charge in [-0.25, -0.2) is 4.98 Å². The minimum absolute atomic E-state index is 0.0206. The lowest BCUT2D eigenvalue weighted by Gasteiger charge is -2.11. The molecule has 0 aliphatic carbocycles. The summed E-state index contributed by atoms with van der Waals surface area (Å²) < 4.78 is 4.25. The van der Waals surface area contributed by atoms with Gasteiger partial charge in [0.05, 0.1) is 16.8 Å². The van der Waals surface area contributed by atoms with Gasteiger partial charge in [0.2, 0.25) is 5.91 Å². The average Bonchev–Trinajstić information content (AvgIpc) is 3.12. The van der Waals surface area contributed by atoms with Crippen molar-refractivity contribution in [2.24, 2.45) is 10.2 Å². The largest absolute Gasteiger partial charge is 0.505 e. The van der Waals surface area contributed by atoms with Crippen molar-refractivity contribution in [3.63, 3.8) is 0 Å². The third-order valence-electron chi connectivity index (χ3n) is 3.98. The quantitative estimate of drug-likeness (QED) is 0.359. The van der Waals surface area contributed by atoms with E-state index in [0.717, 1.165) is 10.9 Å². The van der Waals surface area contributed by atoms with Gasteiger partial charge in [-0.15, -0.1) is 10.2 Å². The first-order valence-electron chi connectivity index (χ1n) is 8.44. The molecule has 0 radical (unpaired) electrons. The summed E-state index contributed by atoms with van der Waals surface area (Å²) in [4.78, 5) is 15.7. The van der Waals surface area contributed by atoms with Crippen LogP contribution in [0.4, 0.5) is 16.4 Å². The van der Waals surface area contributed by atoms with E-state index in [1.54, 1.807) is 18.3 Å². The van der Waals surface area contributed by atoms with Gasteiger partial charge in [-0.3, -0.25) is 4.79 Å². The topological polar surface area (TPSA) is 99.8 Å². The van der Waals surface area contributed by atoms with Gasteiger partial charge in [0.1, 0.15) is 5.75 Å². The van der Waals surface area contributed by atoms with Crippen molar-refractivity contribution in [1.29, 1.82) is 0 Å². The zero-order valence-corrected chi connectivity index (χ0v) is 15.6. The van der Waals surface area contributed by atoms with E-state index < -0.39 is 0 Å². The highest BCUT2D eigenvalue weighted by Crippen LogP contribution is 2.40. The maximum atomic E-state index is 11.5. The van der Waals surface area contributed by atoms with Crippen LogP contribution in [0.5, 0.6) is 5.75 Å². The van der Waals surface area contributed by atoms with E-state index in [1.807, 2.05) is 42.5 Å². The molecule has 7 nitrogen and oxygen atoms in total. The third kappa shape index (κ3) is 3.58. The van der Waals surface area contributed by atoms with Gasteiger partial charge in [-0.05, 0) is 41.4 Å². The summed E-state index contributed by atoms with van der Waals surface area (Å²) in [5.41, 5.74) is 2.74. The summed E-state index contributed by atoms with van der Waals surface area (Å²) in [5.74, 6) is -0.310. The third-order valence-corrected chi connectivity index (χ3v) is 4.72. The number of phenolic OH excluding ortho intramolecular Hbond substituents is 1. The van der Waals surface area contributed by atoms with Crippen molar-refractivity contribution in [3.8, 4) is 16.9 Å². The summed E-state index contributed by atoms with van der Waals surface area (Å²) in [6, 6.07) is 16.4. The summed E-state index contributed by atoms with van der Waals surface area (Å²) in [7, 11) is 0. The number of aromatic nitrogens is 2. The first-order chi connectivity index (χ1) is 13.6. The van der Waals surface area contributed by atoms with Gasteiger partial charge in [-0.2, -0.15) is 4.37 Å². The zero-order valence-electron chi connectivity index (χ0n) is 14.8. The van der Waals surface area contributed by atoms with Crippen LogP contribution in [0.3, 0.4) is 0 Å². The molecular formula is C20H15N5O2S. The maximum absolute atomic E-state index is 11.5. The second kappa shape index (κ2) is 7.53. The molecule has 4 rings (SSSR count). The van der Waals surface area contributed by atoms with Crippen LogP contribution < -0.4 is 5.32 Å². The van der Waals surface area contributed by atoms with Crippen LogP contribution in [0.25, 0.3) is 22.2 Å². The lowest BCUT2D eigenvalue weighted by Crippen LogP contribution is -2.06. The van der Waals surface area contributed by atoms with Gasteiger partial charge >= 0.3 is 0 Å². The number of hydrogen-bond donors (Lipinski definition) is 2. The van der Waals surface area contributed by atoms with Crippen molar-refractivity contribution in [2.75, 3.05) is 5.32 Å². The zero-order chi connectivity index (χ0) is 19.5. The fourth-order valence-electron chi connectivity index (χ4n) is 2.75. The number of aromatic hydroxyl groups is 1. The van der Waals surface area contributed by atoms with Gasteiger partial charge in [0.15, 0.2) is 10.6 Å². The summed E-state index contributed by atoms with van der Waals surface area (Å²) in [5, 5.41) is 23.3. The molecule has 0 fully saturated rings. The molecule has 2 aromatic carbocycles. The van der Waals surface area contributed by atoms with Crippen LogP contribution in [0.2, 0.25) is 0 Å². The van der Waals surface area contributed by atoms with Crippen LogP contribution in [0, 0.1) is 0 Å². The van der Waals surface area contributed by atoms with Gasteiger partial charge < -0.3 is 10.4 Å². The SMILES string of the molecule is CC(=O)Nc1cc(N=Nc2snc3ncccc23)cc(-c2ccccc2)c1O. The molecule has 0 bridgehead atoms. The van der Waals surface area contributed by atoms with Gasteiger partial charge in [0, 0.05) is 18.7 Å². The van der Waals surface area contributed by atoms with Crippen LogP contribution in [-0.2, 0) is 4.79 Å². The number of nitrogens with zero attached hydrogens (tertiary/aromatic N) is 4. The van der Waals surface area contributed by atoms with E-state index in [2.05, 4.69) is 24.9 Å². The highest BCUT2D eigenvalue weighted by Gasteiger charge is 2.13. The number of nitrogens with one attached hydrogen (secondary N) is 1. The minimum Gasteiger partial charge on any atom is -0.505 e. The molecule has 4 aromatic rings. The Kier molecular flexibility index (Phi) is 4.77. The molecule has 0 atom stereocenters. The molecule has 0 aliphatic heterocycles. The normalized spacial score (nSPS) is 11.2. The van der Waals surface area contributed by atoms with E-state index in [4.69, 9.17) is 0 Å². The van der Waals surface area contributed by atoms with Crippen molar-refractivity contribution in [2.45, 2.75) is 6.92 Å². The average molecular weight is 389 g/mol. The first-order valence-corrected chi connectivity index (χ1v) is 9.21. The van der Waals surface area contributed by atoms with Crippen molar-refractivity contribution in [1.82, 2.24) is 9.36 Å². The second-order valence-corrected chi connectivity index (χ2v) is 6.75. The molecule has 2 aromatic heterocycles. The Morgan fingerprint density at radius 2 is 1.93 bits per heavy atom. The molecule has 138 valence electrons. The lowest BCUT2D eigenvalue weighted by atomic mass is 10.0. The molecule has 0 unspecified atom stereocenters. The molecule has 28 heavy (non-hydrogen) atoms. The van der Waals surface area contributed by atoms with E-state index in [9.17, 15) is 9.90 Å². The highest BCUT2D eigenvalue weighted by atomic mass is 32.1. The maximum Gasteiger partial charge on any atom is 0.221 e. The summed E-state index contributed by atoms with van der Waals surface area (Å²) in [6.07, 6.45) is 1.68. The molecule has 0 saturated carbocycles.